The topological polar surface area (TPSA) is 68.0 Å². The Kier molecular flexibility index (Phi) is 4.01. The molecule has 1 amide bonds. The average molecular weight is 337 g/mol. The maximum Gasteiger partial charge on any atom is 0.273 e. The van der Waals surface area contributed by atoms with Gasteiger partial charge in [0.05, 0.1) is 0 Å². The van der Waals surface area contributed by atoms with Crippen LogP contribution in [0.1, 0.15) is 34.8 Å². The van der Waals surface area contributed by atoms with E-state index in [4.69, 9.17) is 4.52 Å². The maximum atomic E-state index is 13.8. The van der Waals surface area contributed by atoms with Gasteiger partial charge in [-0.15, -0.1) is 0 Å². The summed E-state index contributed by atoms with van der Waals surface area (Å²) in [6.07, 6.45) is 4.75. The standard InChI is InChI=1S/C19H16FN3O2/c20-16-6-2-1-5-15(16)13-8-14(9-13)22-19(24)17-10-18(25-23-17)12-4-3-7-21-11-12/h1-7,10-11,13-14H,8-9H2,(H,22,24). The number of carbonyl (C=O) groups excluding carboxylic acids is 1. The van der Waals surface area contributed by atoms with Gasteiger partial charge in [-0.25, -0.2) is 4.39 Å². The third-order valence-electron chi connectivity index (χ3n) is 4.51. The number of aromatic nitrogens is 2. The number of nitrogens with zero attached hydrogens (tertiary/aromatic N) is 2. The number of amides is 1. The number of hydrogen-bond acceptors (Lipinski definition) is 4. The molecule has 3 aromatic rings. The molecule has 0 unspecified atom stereocenters. The maximum absolute atomic E-state index is 13.8. The van der Waals surface area contributed by atoms with E-state index in [0.717, 1.165) is 18.4 Å². The Morgan fingerprint density at radius 2 is 2.04 bits per heavy atom. The number of pyridine rings is 1. The quantitative estimate of drug-likeness (QED) is 0.790. The summed E-state index contributed by atoms with van der Waals surface area (Å²) in [5, 5.41) is 6.74. The van der Waals surface area contributed by atoms with E-state index in [2.05, 4.69) is 15.5 Å². The highest BCUT2D eigenvalue weighted by atomic mass is 19.1. The van der Waals surface area contributed by atoms with Crippen molar-refractivity contribution in [1.82, 2.24) is 15.5 Å². The predicted octanol–water partition coefficient (Wildman–Crippen LogP) is 3.55. The van der Waals surface area contributed by atoms with E-state index in [0.29, 0.717) is 11.3 Å². The molecule has 0 spiro atoms. The molecule has 126 valence electrons. The fourth-order valence-electron chi connectivity index (χ4n) is 3.08. The third-order valence-corrected chi connectivity index (χ3v) is 4.51. The van der Waals surface area contributed by atoms with Gasteiger partial charge in [0.15, 0.2) is 11.5 Å². The van der Waals surface area contributed by atoms with Crippen LogP contribution in [0.15, 0.2) is 59.4 Å². The summed E-state index contributed by atoms with van der Waals surface area (Å²) in [4.78, 5) is 16.3. The lowest BCUT2D eigenvalue weighted by atomic mass is 9.75. The monoisotopic (exact) mass is 337 g/mol. The summed E-state index contributed by atoms with van der Waals surface area (Å²) in [5.41, 5.74) is 1.71. The SMILES string of the molecule is O=C(NC1CC(c2ccccc2F)C1)c1cc(-c2cccnc2)on1. The molecular formula is C19H16FN3O2. The molecule has 0 atom stereocenters. The molecule has 25 heavy (non-hydrogen) atoms. The van der Waals surface area contributed by atoms with Crippen molar-refractivity contribution in [3.63, 3.8) is 0 Å². The Hall–Kier alpha value is -3.02. The first-order valence-electron chi connectivity index (χ1n) is 8.13. The summed E-state index contributed by atoms with van der Waals surface area (Å²) < 4.78 is 19.0. The zero-order valence-electron chi connectivity index (χ0n) is 13.4. The van der Waals surface area contributed by atoms with Crippen LogP contribution in [-0.4, -0.2) is 22.1 Å². The Labute approximate surface area is 143 Å². The lowest BCUT2D eigenvalue weighted by Gasteiger charge is -2.36. The molecule has 1 fully saturated rings. The molecule has 2 heterocycles. The fraction of sp³-hybridized carbons (Fsp3) is 0.211. The van der Waals surface area contributed by atoms with Crippen LogP contribution in [0.5, 0.6) is 0 Å². The first kappa shape index (κ1) is 15.5. The summed E-state index contributed by atoms with van der Waals surface area (Å²) in [7, 11) is 0. The van der Waals surface area contributed by atoms with Gasteiger partial charge in [0.25, 0.3) is 5.91 Å². The van der Waals surface area contributed by atoms with E-state index < -0.39 is 0 Å². The number of carbonyl (C=O) groups is 1. The van der Waals surface area contributed by atoms with Gasteiger partial charge in [-0.3, -0.25) is 9.78 Å². The smallest absolute Gasteiger partial charge is 0.273 e. The largest absolute Gasteiger partial charge is 0.355 e. The van der Waals surface area contributed by atoms with E-state index >= 15 is 0 Å². The Balaban J connectivity index is 1.36. The lowest BCUT2D eigenvalue weighted by Crippen LogP contribution is -2.43. The highest BCUT2D eigenvalue weighted by molar-refractivity contribution is 5.93. The molecule has 1 aliphatic rings. The van der Waals surface area contributed by atoms with Gasteiger partial charge in [-0.2, -0.15) is 0 Å². The first-order chi connectivity index (χ1) is 12.2. The van der Waals surface area contributed by atoms with Crippen LogP contribution in [0.3, 0.4) is 0 Å². The number of rotatable bonds is 4. The summed E-state index contributed by atoms with van der Waals surface area (Å²) in [6, 6.07) is 12.0. The predicted molar refractivity (Wildman–Crippen MR) is 89.4 cm³/mol. The van der Waals surface area contributed by atoms with Gasteiger partial charge < -0.3 is 9.84 Å². The highest BCUT2D eigenvalue weighted by Gasteiger charge is 2.33. The molecule has 4 rings (SSSR count). The molecule has 0 aliphatic heterocycles. The van der Waals surface area contributed by atoms with Gasteiger partial charge in [0, 0.05) is 30.1 Å². The molecule has 1 aromatic carbocycles. The Morgan fingerprint density at radius 3 is 2.80 bits per heavy atom. The summed E-state index contributed by atoms with van der Waals surface area (Å²) in [5.74, 6) is 0.177. The minimum atomic E-state index is -0.282. The molecule has 1 N–H and O–H groups in total. The van der Waals surface area contributed by atoms with Crippen LogP contribution in [0.2, 0.25) is 0 Å². The van der Waals surface area contributed by atoms with Crippen molar-refractivity contribution >= 4 is 5.91 Å². The van der Waals surface area contributed by atoms with Gasteiger partial charge >= 0.3 is 0 Å². The van der Waals surface area contributed by atoms with Crippen molar-refractivity contribution in [3.05, 3.63) is 71.9 Å². The normalized spacial score (nSPS) is 19.2. The van der Waals surface area contributed by atoms with Crippen LogP contribution in [0, 0.1) is 5.82 Å². The van der Waals surface area contributed by atoms with Crippen molar-refractivity contribution in [3.8, 4) is 11.3 Å². The second kappa shape index (κ2) is 6.47. The van der Waals surface area contributed by atoms with E-state index in [-0.39, 0.29) is 29.4 Å². The van der Waals surface area contributed by atoms with E-state index in [9.17, 15) is 9.18 Å². The lowest BCUT2D eigenvalue weighted by molar-refractivity contribution is 0.0899. The van der Waals surface area contributed by atoms with Crippen molar-refractivity contribution in [2.45, 2.75) is 24.8 Å². The van der Waals surface area contributed by atoms with Gasteiger partial charge in [0.1, 0.15) is 5.82 Å². The first-order valence-corrected chi connectivity index (χ1v) is 8.13. The second-order valence-corrected chi connectivity index (χ2v) is 6.18. The molecule has 2 aromatic heterocycles. The molecule has 6 heteroatoms. The van der Waals surface area contributed by atoms with E-state index in [1.165, 1.54) is 6.07 Å². The summed E-state index contributed by atoms with van der Waals surface area (Å²) in [6.45, 7) is 0. The molecule has 1 saturated carbocycles. The Bertz CT molecular complexity index is 888. The summed E-state index contributed by atoms with van der Waals surface area (Å²) >= 11 is 0. The average Bonchev–Trinajstić information content (AvgIpc) is 3.09. The minimum absolute atomic E-state index is 0.0237. The zero-order valence-corrected chi connectivity index (χ0v) is 13.4. The van der Waals surface area contributed by atoms with Crippen LogP contribution < -0.4 is 5.32 Å². The van der Waals surface area contributed by atoms with Crippen LogP contribution in [0.25, 0.3) is 11.3 Å². The molecule has 0 radical (unpaired) electrons. The molecule has 1 aliphatic carbocycles. The zero-order chi connectivity index (χ0) is 17.2. The molecule has 5 nitrogen and oxygen atoms in total. The van der Waals surface area contributed by atoms with Crippen molar-refractivity contribution < 1.29 is 13.7 Å². The van der Waals surface area contributed by atoms with Crippen molar-refractivity contribution in [2.75, 3.05) is 0 Å². The molecular weight excluding hydrogens is 321 g/mol. The third kappa shape index (κ3) is 3.15. The number of halogens is 1. The van der Waals surface area contributed by atoms with Crippen LogP contribution in [0.4, 0.5) is 4.39 Å². The number of nitrogens with one attached hydrogen (secondary N) is 1. The van der Waals surface area contributed by atoms with Gasteiger partial charge in [0.2, 0.25) is 0 Å². The van der Waals surface area contributed by atoms with Crippen molar-refractivity contribution in [2.24, 2.45) is 0 Å². The highest BCUT2D eigenvalue weighted by Crippen LogP contribution is 2.38. The molecule has 0 bridgehead atoms. The van der Waals surface area contributed by atoms with Crippen molar-refractivity contribution in [1.29, 1.82) is 0 Å². The van der Waals surface area contributed by atoms with Crippen LogP contribution >= 0.6 is 0 Å². The number of hydrogen-bond donors (Lipinski definition) is 1. The van der Waals surface area contributed by atoms with Crippen LogP contribution in [-0.2, 0) is 0 Å². The second-order valence-electron chi connectivity index (χ2n) is 6.18. The fourth-order valence-corrected chi connectivity index (χ4v) is 3.08. The Morgan fingerprint density at radius 1 is 1.20 bits per heavy atom. The van der Waals surface area contributed by atoms with Gasteiger partial charge in [-0.1, -0.05) is 23.4 Å². The molecule has 0 saturated heterocycles. The van der Waals surface area contributed by atoms with E-state index in [1.807, 2.05) is 12.1 Å². The number of benzene rings is 1. The van der Waals surface area contributed by atoms with Gasteiger partial charge in [-0.05, 0) is 42.5 Å². The minimum Gasteiger partial charge on any atom is -0.355 e. The van der Waals surface area contributed by atoms with E-state index in [1.54, 1.807) is 36.7 Å².